The molecule has 182 valence electrons. The molecule has 0 saturated heterocycles. The standard InChI is InChI=1S/C22H23F3N4O5/c1-33-21(32)19(13-14-2-6-16(7-3-14)22(23,24)25)27-20(31)18(28-29-26)12-15-4-8-17(9-5-15)34-11-10-30/h2-9,18-19,30H,10-13H2,1H3,(H,27,31)/t18-,19?/m0/s1. The molecule has 2 rings (SSSR count). The number of azide groups is 1. The molecule has 0 aliphatic rings. The summed E-state index contributed by atoms with van der Waals surface area (Å²) in [5.41, 5.74) is 9.03. The van der Waals surface area contributed by atoms with Crippen LogP contribution in [0.3, 0.4) is 0 Å². The van der Waals surface area contributed by atoms with Crippen molar-refractivity contribution in [3.63, 3.8) is 0 Å². The van der Waals surface area contributed by atoms with Gasteiger partial charge < -0.3 is 19.9 Å². The molecule has 0 saturated carbocycles. The lowest BCUT2D eigenvalue weighted by Gasteiger charge is -2.19. The van der Waals surface area contributed by atoms with Crippen molar-refractivity contribution in [2.45, 2.75) is 31.1 Å². The molecular weight excluding hydrogens is 457 g/mol. The summed E-state index contributed by atoms with van der Waals surface area (Å²) >= 11 is 0. The van der Waals surface area contributed by atoms with Crippen molar-refractivity contribution >= 4 is 11.9 Å². The molecule has 0 aromatic heterocycles. The minimum Gasteiger partial charge on any atom is -0.491 e. The van der Waals surface area contributed by atoms with Gasteiger partial charge in [-0.2, -0.15) is 13.2 Å². The highest BCUT2D eigenvalue weighted by Gasteiger charge is 2.31. The van der Waals surface area contributed by atoms with E-state index in [0.717, 1.165) is 19.2 Å². The smallest absolute Gasteiger partial charge is 0.416 e. The van der Waals surface area contributed by atoms with E-state index in [-0.39, 0.29) is 26.1 Å². The second-order valence-corrected chi connectivity index (χ2v) is 7.12. The number of nitrogens with zero attached hydrogens (tertiary/aromatic N) is 3. The number of carbonyl (C=O) groups is 2. The largest absolute Gasteiger partial charge is 0.491 e. The molecular formula is C22H23F3N4O5. The number of alkyl halides is 3. The lowest BCUT2D eigenvalue weighted by atomic mass is 10.0. The van der Waals surface area contributed by atoms with E-state index in [1.54, 1.807) is 24.3 Å². The zero-order chi connectivity index (χ0) is 25.1. The Bertz CT molecular complexity index is 1010. The van der Waals surface area contributed by atoms with Gasteiger partial charge in [0.25, 0.3) is 0 Å². The Morgan fingerprint density at radius 2 is 1.68 bits per heavy atom. The molecule has 0 fully saturated rings. The number of nitrogens with one attached hydrogen (secondary N) is 1. The second-order valence-electron chi connectivity index (χ2n) is 7.12. The Hall–Kier alpha value is -3.76. The minimum absolute atomic E-state index is 0.0182. The van der Waals surface area contributed by atoms with E-state index in [1.807, 2.05) is 0 Å². The van der Waals surface area contributed by atoms with Crippen LogP contribution in [0, 0.1) is 0 Å². The highest BCUT2D eigenvalue weighted by atomic mass is 19.4. The lowest BCUT2D eigenvalue weighted by Crippen LogP contribution is -2.47. The SMILES string of the molecule is COC(=O)C(Cc1ccc(C(F)(F)F)cc1)NC(=O)[C@H](Cc1ccc(OCCO)cc1)N=[N+]=[N-]. The van der Waals surface area contributed by atoms with Crippen LogP contribution in [0.2, 0.25) is 0 Å². The summed E-state index contributed by atoms with van der Waals surface area (Å²) in [5, 5.41) is 14.7. The van der Waals surface area contributed by atoms with Gasteiger partial charge >= 0.3 is 12.1 Å². The number of carbonyl (C=O) groups excluding carboxylic acids is 2. The van der Waals surface area contributed by atoms with Crippen LogP contribution in [0.1, 0.15) is 16.7 Å². The fourth-order valence-electron chi connectivity index (χ4n) is 3.03. The highest BCUT2D eigenvalue weighted by Crippen LogP contribution is 2.29. The van der Waals surface area contributed by atoms with Gasteiger partial charge in [-0.1, -0.05) is 29.4 Å². The van der Waals surface area contributed by atoms with Crippen molar-refractivity contribution in [3.8, 4) is 5.75 Å². The van der Waals surface area contributed by atoms with Crippen molar-refractivity contribution in [2.24, 2.45) is 5.11 Å². The number of hydrogen-bond acceptors (Lipinski definition) is 6. The number of esters is 1. The van der Waals surface area contributed by atoms with E-state index in [9.17, 15) is 22.8 Å². The molecule has 2 aromatic carbocycles. The molecule has 34 heavy (non-hydrogen) atoms. The summed E-state index contributed by atoms with van der Waals surface area (Å²) in [7, 11) is 1.11. The van der Waals surface area contributed by atoms with E-state index >= 15 is 0 Å². The fourth-order valence-corrected chi connectivity index (χ4v) is 3.03. The van der Waals surface area contributed by atoms with Crippen LogP contribution in [0.25, 0.3) is 10.4 Å². The first-order valence-electron chi connectivity index (χ1n) is 10.1. The third-order valence-electron chi connectivity index (χ3n) is 4.73. The molecule has 0 aliphatic heterocycles. The average molecular weight is 480 g/mol. The summed E-state index contributed by atoms with van der Waals surface area (Å²) in [5.74, 6) is -1.05. The van der Waals surface area contributed by atoms with Gasteiger partial charge in [-0.15, -0.1) is 0 Å². The minimum atomic E-state index is -4.50. The predicted molar refractivity (Wildman–Crippen MR) is 115 cm³/mol. The van der Waals surface area contributed by atoms with Crippen molar-refractivity contribution in [2.75, 3.05) is 20.3 Å². The maximum absolute atomic E-state index is 12.8. The van der Waals surface area contributed by atoms with Gasteiger partial charge in [-0.25, -0.2) is 4.79 Å². The monoisotopic (exact) mass is 480 g/mol. The number of halogens is 3. The molecule has 0 bridgehead atoms. The molecule has 9 nitrogen and oxygen atoms in total. The summed E-state index contributed by atoms with van der Waals surface area (Å²) in [4.78, 5) is 27.6. The van der Waals surface area contributed by atoms with Crippen LogP contribution in [0.5, 0.6) is 5.75 Å². The number of amides is 1. The van der Waals surface area contributed by atoms with E-state index in [0.29, 0.717) is 16.9 Å². The van der Waals surface area contributed by atoms with Crippen LogP contribution in [-0.2, 0) is 33.3 Å². The number of aliphatic hydroxyl groups is 1. The number of aliphatic hydroxyl groups excluding tert-OH is 1. The Labute approximate surface area is 193 Å². The van der Waals surface area contributed by atoms with Gasteiger partial charge in [0, 0.05) is 11.3 Å². The molecule has 2 aromatic rings. The molecule has 0 heterocycles. The van der Waals surface area contributed by atoms with Gasteiger partial charge in [-0.05, 0) is 47.3 Å². The quantitative estimate of drug-likeness (QED) is 0.221. The maximum Gasteiger partial charge on any atom is 0.416 e. The lowest BCUT2D eigenvalue weighted by molar-refractivity contribution is -0.145. The van der Waals surface area contributed by atoms with Gasteiger partial charge in [-0.3, -0.25) is 4.79 Å². The molecule has 12 heteroatoms. The first kappa shape index (κ1) is 26.5. The van der Waals surface area contributed by atoms with Crippen LogP contribution >= 0.6 is 0 Å². The van der Waals surface area contributed by atoms with Crippen LogP contribution in [0.15, 0.2) is 53.6 Å². The van der Waals surface area contributed by atoms with Gasteiger partial charge in [0.05, 0.1) is 19.3 Å². The number of hydrogen-bond donors (Lipinski definition) is 2. The molecule has 0 spiro atoms. The van der Waals surface area contributed by atoms with Crippen molar-refractivity contribution < 1.29 is 37.3 Å². The summed E-state index contributed by atoms with van der Waals surface area (Å²) in [6, 6.07) is 8.31. The molecule has 1 unspecified atom stereocenters. The Morgan fingerprint density at radius 1 is 1.09 bits per heavy atom. The van der Waals surface area contributed by atoms with E-state index in [2.05, 4.69) is 15.3 Å². The number of benzene rings is 2. The third kappa shape index (κ3) is 7.98. The zero-order valence-electron chi connectivity index (χ0n) is 18.2. The van der Waals surface area contributed by atoms with Crippen LogP contribution in [-0.4, -0.2) is 49.4 Å². The van der Waals surface area contributed by atoms with Crippen LogP contribution in [0.4, 0.5) is 13.2 Å². The zero-order valence-corrected chi connectivity index (χ0v) is 18.2. The van der Waals surface area contributed by atoms with Gasteiger partial charge in [0.15, 0.2) is 0 Å². The third-order valence-corrected chi connectivity index (χ3v) is 4.73. The number of rotatable bonds is 11. The predicted octanol–water partition coefficient (Wildman–Crippen LogP) is 3.20. The van der Waals surface area contributed by atoms with E-state index in [4.69, 9.17) is 20.1 Å². The van der Waals surface area contributed by atoms with Gasteiger partial charge in [0.2, 0.25) is 5.91 Å². The van der Waals surface area contributed by atoms with Crippen molar-refractivity contribution in [1.82, 2.24) is 5.32 Å². The summed E-state index contributed by atoms with van der Waals surface area (Å²) in [6.07, 6.45) is -4.61. The molecule has 0 aliphatic carbocycles. The Balaban J connectivity index is 2.11. The first-order valence-corrected chi connectivity index (χ1v) is 10.1. The Kier molecular flexibility index (Phi) is 9.72. The first-order chi connectivity index (χ1) is 16.2. The Morgan fingerprint density at radius 3 is 2.21 bits per heavy atom. The normalized spacial score (nSPS) is 12.7. The topological polar surface area (TPSA) is 134 Å². The molecule has 2 atom stereocenters. The molecule has 0 radical (unpaired) electrons. The highest BCUT2D eigenvalue weighted by molar-refractivity contribution is 5.88. The van der Waals surface area contributed by atoms with Crippen LogP contribution < -0.4 is 10.1 Å². The fraction of sp³-hybridized carbons (Fsp3) is 0.364. The molecule has 2 N–H and O–H groups in total. The second kappa shape index (κ2) is 12.5. The van der Waals surface area contributed by atoms with E-state index in [1.165, 1.54) is 12.1 Å². The average Bonchev–Trinajstić information content (AvgIpc) is 2.82. The van der Waals surface area contributed by atoms with Gasteiger partial charge in [0.1, 0.15) is 24.4 Å². The summed E-state index contributed by atoms with van der Waals surface area (Å²) in [6.45, 7) is -0.0222. The van der Waals surface area contributed by atoms with Crippen molar-refractivity contribution in [1.29, 1.82) is 0 Å². The van der Waals surface area contributed by atoms with E-state index < -0.39 is 35.7 Å². The molecule has 1 amide bonds. The summed E-state index contributed by atoms with van der Waals surface area (Å²) < 4.78 is 48.3. The number of methoxy groups -OCH3 is 1. The van der Waals surface area contributed by atoms with Crippen molar-refractivity contribution in [3.05, 3.63) is 75.7 Å². The number of ether oxygens (including phenoxy) is 2. The maximum atomic E-state index is 12.8.